The molecule has 1 heterocycles. The zero-order chi connectivity index (χ0) is 15.5. The van der Waals surface area contributed by atoms with Crippen LogP contribution in [0.1, 0.15) is 38.7 Å². The van der Waals surface area contributed by atoms with Crippen LogP contribution in [-0.2, 0) is 0 Å². The van der Waals surface area contributed by atoms with Crippen molar-refractivity contribution in [3.63, 3.8) is 0 Å². The quantitative estimate of drug-likeness (QED) is 0.530. The van der Waals surface area contributed by atoms with Crippen LogP contribution in [-0.4, -0.2) is 4.57 Å². The molecule has 112 valence electrons. The summed E-state index contributed by atoms with van der Waals surface area (Å²) in [5.74, 6) is 0.621. The summed E-state index contributed by atoms with van der Waals surface area (Å²) in [4.78, 5) is 0. The summed E-state index contributed by atoms with van der Waals surface area (Å²) in [7, 11) is 0. The highest BCUT2D eigenvalue weighted by atomic mass is 15.0. The highest BCUT2D eigenvalue weighted by Crippen LogP contribution is 2.30. The van der Waals surface area contributed by atoms with E-state index >= 15 is 0 Å². The molecule has 2 aromatic carbocycles. The minimum Gasteiger partial charge on any atom is -0.316 e. The Balaban J connectivity index is 2.11. The van der Waals surface area contributed by atoms with E-state index in [2.05, 4.69) is 92.2 Å². The van der Waals surface area contributed by atoms with Crippen molar-refractivity contribution in [3.05, 3.63) is 66.2 Å². The number of benzene rings is 2. The molecule has 0 bridgehead atoms. The van der Waals surface area contributed by atoms with Crippen LogP contribution in [0.25, 0.3) is 28.4 Å². The first-order valence-electron chi connectivity index (χ1n) is 8.07. The summed E-state index contributed by atoms with van der Waals surface area (Å²) in [6.07, 6.45) is 5.40. The van der Waals surface area contributed by atoms with E-state index in [0.29, 0.717) is 5.92 Å². The van der Waals surface area contributed by atoms with Crippen molar-refractivity contribution in [3.8, 4) is 11.3 Å². The predicted molar refractivity (Wildman–Crippen MR) is 97.1 cm³/mol. The van der Waals surface area contributed by atoms with Gasteiger partial charge in [-0.2, -0.15) is 0 Å². The lowest BCUT2D eigenvalue weighted by atomic mass is 9.97. The number of hydrogen-bond donors (Lipinski definition) is 0. The van der Waals surface area contributed by atoms with Crippen LogP contribution in [0.4, 0.5) is 0 Å². The van der Waals surface area contributed by atoms with Crippen molar-refractivity contribution in [2.75, 3.05) is 0 Å². The standard InChI is InChI=1S/C21H23N/c1-4-14-22-20-9-7-6-8-19(20)15-21(22)18-12-10-17(11-13-18)16(3)5-2/h4,6-16H,5H2,1-3H3/b14-4+. The Morgan fingerprint density at radius 2 is 1.77 bits per heavy atom. The Morgan fingerprint density at radius 3 is 2.45 bits per heavy atom. The van der Waals surface area contributed by atoms with Crippen molar-refractivity contribution >= 4 is 17.1 Å². The molecule has 0 aliphatic heterocycles. The Bertz CT molecular complexity index is 790. The van der Waals surface area contributed by atoms with Gasteiger partial charge in [0.05, 0.1) is 11.2 Å². The highest BCUT2D eigenvalue weighted by Gasteiger charge is 2.09. The van der Waals surface area contributed by atoms with Crippen molar-refractivity contribution in [2.24, 2.45) is 0 Å². The van der Waals surface area contributed by atoms with Crippen molar-refractivity contribution < 1.29 is 0 Å². The third-order valence-corrected chi connectivity index (χ3v) is 4.43. The van der Waals surface area contributed by atoms with Crippen LogP contribution >= 0.6 is 0 Å². The molecule has 1 heteroatoms. The molecule has 0 saturated heterocycles. The van der Waals surface area contributed by atoms with Crippen LogP contribution in [0.5, 0.6) is 0 Å². The fraction of sp³-hybridized carbons (Fsp3) is 0.238. The number of allylic oxidation sites excluding steroid dienone is 1. The lowest BCUT2D eigenvalue weighted by Crippen LogP contribution is -1.93. The lowest BCUT2D eigenvalue weighted by Gasteiger charge is -2.11. The summed E-state index contributed by atoms with van der Waals surface area (Å²) in [5, 5.41) is 1.28. The SMILES string of the molecule is C/C=C/n1c(-c2ccc(C(C)CC)cc2)cc2ccccc21. The van der Waals surface area contributed by atoms with E-state index in [0.717, 1.165) is 0 Å². The second-order valence-electron chi connectivity index (χ2n) is 5.87. The Kier molecular flexibility index (Phi) is 4.15. The fourth-order valence-corrected chi connectivity index (χ4v) is 2.93. The Labute approximate surface area is 132 Å². The van der Waals surface area contributed by atoms with Gasteiger partial charge >= 0.3 is 0 Å². The van der Waals surface area contributed by atoms with E-state index in [1.165, 1.54) is 34.1 Å². The van der Waals surface area contributed by atoms with E-state index < -0.39 is 0 Å². The van der Waals surface area contributed by atoms with Gasteiger partial charge in [0.2, 0.25) is 0 Å². The van der Waals surface area contributed by atoms with Gasteiger partial charge < -0.3 is 4.57 Å². The second kappa shape index (κ2) is 6.23. The second-order valence-corrected chi connectivity index (χ2v) is 5.87. The first-order chi connectivity index (χ1) is 10.7. The predicted octanol–water partition coefficient (Wildman–Crippen LogP) is 6.31. The van der Waals surface area contributed by atoms with E-state index in [4.69, 9.17) is 0 Å². The molecule has 0 aliphatic rings. The van der Waals surface area contributed by atoms with Crippen LogP contribution in [0.3, 0.4) is 0 Å². The van der Waals surface area contributed by atoms with Crippen LogP contribution in [0, 0.1) is 0 Å². The number of para-hydroxylation sites is 1. The zero-order valence-electron chi connectivity index (χ0n) is 13.6. The third kappa shape index (κ3) is 2.59. The Hall–Kier alpha value is -2.28. The molecule has 3 aromatic rings. The normalized spacial score (nSPS) is 13.0. The number of hydrogen-bond acceptors (Lipinski definition) is 0. The summed E-state index contributed by atoms with van der Waals surface area (Å²) in [6, 6.07) is 19.8. The molecular formula is C21H23N. The summed E-state index contributed by atoms with van der Waals surface area (Å²) in [5.41, 5.74) is 5.18. The molecular weight excluding hydrogens is 266 g/mol. The first-order valence-corrected chi connectivity index (χ1v) is 8.07. The van der Waals surface area contributed by atoms with Gasteiger partial charge in [0.1, 0.15) is 0 Å². The van der Waals surface area contributed by atoms with Crippen molar-refractivity contribution in [2.45, 2.75) is 33.1 Å². The fourth-order valence-electron chi connectivity index (χ4n) is 2.93. The third-order valence-electron chi connectivity index (χ3n) is 4.43. The minimum absolute atomic E-state index is 0.621. The van der Waals surface area contributed by atoms with Crippen molar-refractivity contribution in [1.82, 2.24) is 4.57 Å². The smallest absolute Gasteiger partial charge is 0.0534 e. The van der Waals surface area contributed by atoms with Gasteiger partial charge in [-0.3, -0.25) is 0 Å². The van der Waals surface area contributed by atoms with Gasteiger partial charge in [0.15, 0.2) is 0 Å². The molecule has 0 saturated carbocycles. The molecule has 0 N–H and O–H groups in total. The summed E-state index contributed by atoms with van der Waals surface area (Å²) in [6.45, 7) is 6.58. The van der Waals surface area contributed by atoms with Gasteiger partial charge in [0.25, 0.3) is 0 Å². The molecule has 0 amide bonds. The molecule has 0 spiro atoms. The molecule has 1 unspecified atom stereocenters. The summed E-state index contributed by atoms with van der Waals surface area (Å²) < 4.78 is 2.27. The Morgan fingerprint density at radius 1 is 1.05 bits per heavy atom. The van der Waals surface area contributed by atoms with Crippen LogP contribution < -0.4 is 0 Å². The molecule has 1 aromatic heterocycles. The average Bonchev–Trinajstić information content (AvgIpc) is 2.93. The first kappa shape index (κ1) is 14.6. The lowest BCUT2D eigenvalue weighted by molar-refractivity contribution is 0.734. The maximum atomic E-state index is 2.28. The zero-order valence-corrected chi connectivity index (χ0v) is 13.6. The van der Waals surface area contributed by atoms with Crippen LogP contribution in [0.2, 0.25) is 0 Å². The monoisotopic (exact) mass is 289 g/mol. The number of nitrogens with zero attached hydrogens (tertiary/aromatic N) is 1. The molecule has 1 nitrogen and oxygen atoms in total. The number of fused-ring (bicyclic) bond motifs is 1. The molecule has 0 radical (unpaired) electrons. The van der Waals surface area contributed by atoms with Gasteiger partial charge in [-0.05, 0) is 42.5 Å². The highest BCUT2D eigenvalue weighted by molar-refractivity contribution is 5.89. The molecule has 1 atom stereocenters. The molecule has 3 rings (SSSR count). The minimum atomic E-state index is 0.621. The average molecular weight is 289 g/mol. The van der Waals surface area contributed by atoms with E-state index in [-0.39, 0.29) is 0 Å². The van der Waals surface area contributed by atoms with Gasteiger partial charge in [-0.15, -0.1) is 0 Å². The van der Waals surface area contributed by atoms with Gasteiger partial charge in [-0.25, -0.2) is 0 Å². The number of aromatic nitrogens is 1. The van der Waals surface area contributed by atoms with E-state index in [1.807, 2.05) is 0 Å². The van der Waals surface area contributed by atoms with E-state index in [1.54, 1.807) is 0 Å². The van der Waals surface area contributed by atoms with Gasteiger partial charge in [-0.1, -0.05) is 62.4 Å². The van der Waals surface area contributed by atoms with Crippen molar-refractivity contribution in [1.29, 1.82) is 0 Å². The van der Waals surface area contributed by atoms with Crippen LogP contribution in [0.15, 0.2) is 60.7 Å². The summed E-state index contributed by atoms with van der Waals surface area (Å²) >= 11 is 0. The maximum absolute atomic E-state index is 2.28. The molecule has 22 heavy (non-hydrogen) atoms. The topological polar surface area (TPSA) is 4.93 Å². The van der Waals surface area contributed by atoms with E-state index in [9.17, 15) is 0 Å². The van der Waals surface area contributed by atoms with Gasteiger partial charge in [0, 0.05) is 11.6 Å². The molecule has 0 fully saturated rings. The number of rotatable bonds is 4. The maximum Gasteiger partial charge on any atom is 0.0534 e. The largest absolute Gasteiger partial charge is 0.316 e. The molecule has 0 aliphatic carbocycles.